The van der Waals surface area contributed by atoms with Crippen LogP contribution in [0.4, 0.5) is 5.69 Å². The molecule has 19 heavy (non-hydrogen) atoms. The lowest BCUT2D eigenvalue weighted by Gasteiger charge is -2.34. The van der Waals surface area contributed by atoms with Gasteiger partial charge in [0.2, 0.25) is 0 Å². The van der Waals surface area contributed by atoms with Crippen molar-refractivity contribution in [3.63, 3.8) is 0 Å². The maximum Gasteiger partial charge on any atom is 0.250 e. The van der Waals surface area contributed by atoms with Crippen molar-refractivity contribution in [3.8, 4) is 5.75 Å². The van der Waals surface area contributed by atoms with E-state index in [9.17, 15) is 4.79 Å². The van der Waals surface area contributed by atoms with E-state index in [-0.39, 0.29) is 6.10 Å². The number of hydrogen-bond acceptors (Lipinski definition) is 3. The molecule has 1 aliphatic rings. The van der Waals surface area contributed by atoms with Crippen molar-refractivity contribution in [2.75, 3.05) is 5.73 Å². The molecule has 0 spiro atoms. The SMILES string of the molecule is CC1(C)CCC(Oc2cccc(C(N)=O)c2N)CC1. The Balaban J connectivity index is 2.08. The zero-order valence-electron chi connectivity index (χ0n) is 11.6. The van der Waals surface area contributed by atoms with Gasteiger partial charge in [0, 0.05) is 0 Å². The normalized spacial score (nSPS) is 19.1. The first-order chi connectivity index (χ1) is 8.89. The molecule has 2 rings (SSSR count). The van der Waals surface area contributed by atoms with E-state index in [1.807, 2.05) is 0 Å². The van der Waals surface area contributed by atoms with Crippen LogP contribution in [0.5, 0.6) is 5.75 Å². The maximum atomic E-state index is 11.2. The molecule has 4 nitrogen and oxygen atoms in total. The molecule has 0 saturated heterocycles. The summed E-state index contributed by atoms with van der Waals surface area (Å²) in [6.45, 7) is 4.57. The van der Waals surface area contributed by atoms with Gasteiger partial charge in [0.1, 0.15) is 5.75 Å². The van der Waals surface area contributed by atoms with Gasteiger partial charge in [-0.25, -0.2) is 0 Å². The maximum absolute atomic E-state index is 11.2. The number of carbonyl (C=O) groups excluding carboxylic acids is 1. The molecule has 1 aromatic carbocycles. The Morgan fingerprint density at radius 2 is 1.95 bits per heavy atom. The first-order valence-electron chi connectivity index (χ1n) is 6.74. The largest absolute Gasteiger partial charge is 0.488 e. The fourth-order valence-electron chi connectivity index (χ4n) is 2.53. The average Bonchev–Trinajstić information content (AvgIpc) is 2.34. The lowest BCUT2D eigenvalue weighted by atomic mass is 9.76. The second kappa shape index (κ2) is 5.11. The van der Waals surface area contributed by atoms with Gasteiger partial charge in [0.15, 0.2) is 0 Å². The minimum absolute atomic E-state index is 0.179. The molecule has 0 radical (unpaired) electrons. The van der Waals surface area contributed by atoms with Crippen molar-refractivity contribution in [3.05, 3.63) is 23.8 Å². The molecule has 0 aliphatic heterocycles. The molecular formula is C15H22N2O2. The Morgan fingerprint density at radius 3 is 2.53 bits per heavy atom. The first-order valence-corrected chi connectivity index (χ1v) is 6.74. The molecule has 0 heterocycles. The van der Waals surface area contributed by atoms with Gasteiger partial charge >= 0.3 is 0 Å². The van der Waals surface area contributed by atoms with Crippen molar-refractivity contribution >= 4 is 11.6 Å². The molecule has 1 amide bonds. The number of ether oxygens (including phenoxy) is 1. The second-order valence-corrected chi connectivity index (χ2v) is 6.06. The van der Waals surface area contributed by atoms with Gasteiger partial charge in [-0.05, 0) is 43.2 Å². The molecule has 1 saturated carbocycles. The summed E-state index contributed by atoms with van der Waals surface area (Å²) >= 11 is 0. The van der Waals surface area contributed by atoms with E-state index >= 15 is 0 Å². The number of nitrogen functional groups attached to an aromatic ring is 1. The minimum Gasteiger partial charge on any atom is -0.488 e. The Kier molecular flexibility index (Phi) is 3.69. The van der Waals surface area contributed by atoms with Crippen molar-refractivity contribution in [1.82, 2.24) is 0 Å². The second-order valence-electron chi connectivity index (χ2n) is 6.06. The summed E-state index contributed by atoms with van der Waals surface area (Å²) in [7, 11) is 0. The van der Waals surface area contributed by atoms with E-state index in [1.165, 1.54) is 0 Å². The van der Waals surface area contributed by atoms with E-state index in [2.05, 4.69) is 13.8 Å². The summed E-state index contributed by atoms with van der Waals surface area (Å²) in [5.74, 6) is 0.0498. The Bertz CT molecular complexity index is 473. The third-order valence-electron chi connectivity index (χ3n) is 3.91. The van der Waals surface area contributed by atoms with Gasteiger partial charge in [-0.1, -0.05) is 19.9 Å². The van der Waals surface area contributed by atoms with E-state index in [0.717, 1.165) is 25.7 Å². The fourth-order valence-corrected chi connectivity index (χ4v) is 2.53. The molecule has 1 aromatic rings. The highest BCUT2D eigenvalue weighted by Gasteiger charge is 2.28. The molecule has 0 atom stereocenters. The van der Waals surface area contributed by atoms with Crippen LogP contribution in [0.2, 0.25) is 0 Å². The third-order valence-corrected chi connectivity index (χ3v) is 3.91. The number of amides is 1. The van der Waals surface area contributed by atoms with Crippen LogP contribution in [0.15, 0.2) is 18.2 Å². The predicted molar refractivity (Wildman–Crippen MR) is 76.0 cm³/mol. The molecule has 4 heteroatoms. The van der Waals surface area contributed by atoms with E-state index in [1.54, 1.807) is 18.2 Å². The Hall–Kier alpha value is -1.71. The van der Waals surface area contributed by atoms with E-state index in [4.69, 9.17) is 16.2 Å². The fraction of sp³-hybridized carbons (Fsp3) is 0.533. The van der Waals surface area contributed by atoms with Crippen LogP contribution >= 0.6 is 0 Å². The lowest BCUT2D eigenvalue weighted by Crippen LogP contribution is -2.28. The Labute approximate surface area is 114 Å². The average molecular weight is 262 g/mol. The van der Waals surface area contributed by atoms with Crippen LogP contribution in [-0.4, -0.2) is 12.0 Å². The topological polar surface area (TPSA) is 78.3 Å². The monoisotopic (exact) mass is 262 g/mol. The molecule has 0 bridgehead atoms. The number of carbonyl (C=O) groups is 1. The third kappa shape index (κ3) is 3.19. The molecular weight excluding hydrogens is 240 g/mol. The summed E-state index contributed by atoms with van der Waals surface area (Å²) < 4.78 is 5.94. The van der Waals surface area contributed by atoms with Gasteiger partial charge in [-0.3, -0.25) is 4.79 Å². The molecule has 0 aromatic heterocycles. The first kappa shape index (κ1) is 13.7. The number of anilines is 1. The molecule has 104 valence electrons. The number of rotatable bonds is 3. The summed E-state index contributed by atoms with van der Waals surface area (Å²) in [5, 5.41) is 0. The van der Waals surface area contributed by atoms with Gasteiger partial charge in [0.25, 0.3) is 5.91 Å². The molecule has 1 fully saturated rings. The smallest absolute Gasteiger partial charge is 0.250 e. The lowest BCUT2D eigenvalue weighted by molar-refractivity contribution is 0.0978. The number of hydrogen-bond donors (Lipinski definition) is 2. The highest BCUT2D eigenvalue weighted by atomic mass is 16.5. The highest BCUT2D eigenvalue weighted by Crippen LogP contribution is 2.37. The number of para-hydroxylation sites is 1. The number of primary amides is 1. The quantitative estimate of drug-likeness (QED) is 0.822. The number of benzene rings is 1. The van der Waals surface area contributed by atoms with Crippen molar-refractivity contribution in [2.45, 2.75) is 45.6 Å². The van der Waals surface area contributed by atoms with Crippen LogP contribution in [0.1, 0.15) is 49.9 Å². The van der Waals surface area contributed by atoms with E-state index in [0.29, 0.717) is 22.4 Å². The van der Waals surface area contributed by atoms with Crippen LogP contribution < -0.4 is 16.2 Å². The van der Waals surface area contributed by atoms with Crippen molar-refractivity contribution < 1.29 is 9.53 Å². The summed E-state index contributed by atoms with van der Waals surface area (Å²) in [4.78, 5) is 11.2. The van der Waals surface area contributed by atoms with Crippen LogP contribution in [0.3, 0.4) is 0 Å². The molecule has 0 unspecified atom stereocenters. The highest BCUT2D eigenvalue weighted by molar-refractivity contribution is 5.99. The van der Waals surface area contributed by atoms with Crippen molar-refractivity contribution in [2.24, 2.45) is 11.1 Å². The predicted octanol–water partition coefficient (Wildman–Crippen LogP) is 2.72. The minimum atomic E-state index is -0.521. The van der Waals surface area contributed by atoms with Gasteiger partial charge < -0.3 is 16.2 Å². The standard InChI is InChI=1S/C15H22N2O2/c1-15(2)8-6-10(7-9-15)19-12-5-3-4-11(13(12)16)14(17)18/h3-5,10H,6-9,16H2,1-2H3,(H2,17,18). The summed E-state index contributed by atoms with van der Waals surface area (Å²) in [5.41, 5.74) is 12.3. The van der Waals surface area contributed by atoms with Crippen LogP contribution in [0, 0.1) is 5.41 Å². The molecule has 1 aliphatic carbocycles. The van der Waals surface area contributed by atoms with Crippen LogP contribution in [-0.2, 0) is 0 Å². The van der Waals surface area contributed by atoms with Gasteiger partial charge in [-0.15, -0.1) is 0 Å². The zero-order valence-corrected chi connectivity index (χ0v) is 11.6. The summed E-state index contributed by atoms with van der Waals surface area (Å²) in [6, 6.07) is 5.16. The molecule has 4 N–H and O–H groups in total. The van der Waals surface area contributed by atoms with Gasteiger partial charge in [0.05, 0.1) is 17.4 Å². The number of nitrogens with two attached hydrogens (primary N) is 2. The Morgan fingerprint density at radius 1 is 1.32 bits per heavy atom. The van der Waals surface area contributed by atoms with Crippen molar-refractivity contribution in [1.29, 1.82) is 0 Å². The van der Waals surface area contributed by atoms with E-state index < -0.39 is 5.91 Å². The van der Waals surface area contributed by atoms with Crippen LogP contribution in [0.25, 0.3) is 0 Å². The zero-order chi connectivity index (χ0) is 14.0. The van der Waals surface area contributed by atoms with Gasteiger partial charge in [-0.2, -0.15) is 0 Å². The summed E-state index contributed by atoms with van der Waals surface area (Å²) in [6.07, 6.45) is 4.51.